The summed E-state index contributed by atoms with van der Waals surface area (Å²) in [5.41, 5.74) is 4.86. The van der Waals surface area contributed by atoms with Crippen LogP contribution in [0.25, 0.3) is 22.7 Å². The molecule has 0 unspecified atom stereocenters. The number of nitrogens with zero attached hydrogens (tertiary/aromatic N) is 4. The zero-order chi connectivity index (χ0) is 23.9. The third-order valence-electron chi connectivity index (χ3n) is 6.01. The first kappa shape index (κ1) is 21.2. The van der Waals surface area contributed by atoms with Crippen molar-refractivity contribution in [1.29, 1.82) is 0 Å². The molecule has 7 heteroatoms. The van der Waals surface area contributed by atoms with Gasteiger partial charge < -0.3 is 4.90 Å². The van der Waals surface area contributed by atoms with Crippen LogP contribution >= 0.6 is 11.3 Å². The van der Waals surface area contributed by atoms with Crippen molar-refractivity contribution in [1.82, 2.24) is 14.6 Å². The molecule has 0 saturated carbocycles. The van der Waals surface area contributed by atoms with Crippen LogP contribution in [0.3, 0.4) is 0 Å². The van der Waals surface area contributed by atoms with Crippen molar-refractivity contribution in [3.63, 3.8) is 0 Å². The molecule has 3 aromatic carbocycles. The maximum absolute atomic E-state index is 13.6. The molecule has 2 aromatic heterocycles. The van der Waals surface area contributed by atoms with Crippen molar-refractivity contribution in [3.8, 4) is 0 Å². The topological polar surface area (TPSA) is 67.6 Å². The summed E-state index contributed by atoms with van der Waals surface area (Å²) in [7, 11) is 0. The lowest BCUT2D eigenvalue weighted by Crippen LogP contribution is -2.32. The second-order valence-corrected chi connectivity index (χ2v) is 9.39. The van der Waals surface area contributed by atoms with Gasteiger partial charge in [-0.05, 0) is 30.2 Å². The highest BCUT2D eigenvalue weighted by molar-refractivity contribution is 7.15. The summed E-state index contributed by atoms with van der Waals surface area (Å²) < 4.78 is 1.65. The molecule has 0 bridgehead atoms. The summed E-state index contributed by atoms with van der Waals surface area (Å²) in [6.45, 7) is 2.47. The summed E-state index contributed by atoms with van der Waals surface area (Å²) in [6, 6.07) is 25.5. The summed E-state index contributed by atoms with van der Waals surface area (Å²) in [4.78, 5) is 33.6. The van der Waals surface area contributed by atoms with Crippen LogP contribution in [0.1, 0.15) is 28.1 Å². The van der Waals surface area contributed by atoms with Crippen molar-refractivity contribution in [2.24, 2.45) is 0 Å². The van der Waals surface area contributed by atoms with Gasteiger partial charge in [-0.15, -0.1) is 5.10 Å². The number of aryl methyl sites for hydroxylation is 1. The Kier molecular flexibility index (Phi) is 5.12. The zero-order valence-electron chi connectivity index (χ0n) is 18.9. The molecule has 170 valence electrons. The standard InChI is InChI=1S/C28H20N4O2S/c1-18-11-13-20(14-12-18)17-31-22-10-6-5-9-21(22)24(26(31)33)25-27(34)32-28(35-25)29-23(30-32)16-15-19-7-3-2-4-8-19/h2-16H,17H2,1H3/b16-15+,25-24-. The van der Waals surface area contributed by atoms with E-state index < -0.39 is 0 Å². The van der Waals surface area contributed by atoms with Crippen LogP contribution in [0, 0.1) is 6.92 Å². The molecule has 6 rings (SSSR count). The van der Waals surface area contributed by atoms with Gasteiger partial charge >= 0.3 is 0 Å². The SMILES string of the molecule is Cc1ccc(CN2C(=O)/C(=c3\sc4nc(/C=C/c5ccccc5)nn4c3=O)c3ccccc32)cc1. The molecule has 0 spiro atoms. The molecule has 0 saturated heterocycles. The monoisotopic (exact) mass is 476 g/mol. The van der Waals surface area contributed by atoms with Crippen LogP contribution in [0.4, 0.5) is 5.69 Å². The van der Waals surface area contributed by atoms with Gasteiger partial charge in [0.2, 0.25) is 4.96 Å². The van der Waals surface area contributed by atoms with Gasteiger partial charge in [-0.3, -0.25) is 9.59 Å². The van der Waals surface area contributed by atoms with Crippen molar-refractivity contribution >= 4 is 45.6 Å². The summed E-state index contributed by atoms with van der Waals surface area (Å²) in [5, 5.41) is 4.37. The molecule has 0 aliphatic carbocycles. The number of hydrogen-bond donors (Lipinski definition) is 0. The van der Waals surface area contributed by atoms with Gasteiger partial charge in [0.25, 0.3) is 11.5 Å². The molecule has 0 fully saturated rings. The molecule has 1 amide bonds. The average Bonchev–Trinajstić information content (AvgIpc) is 3.50. The third-order valence-corrected chi connectivity index (χ3v) is 7.04. The van der Waals surface area contributed by atoms with Crippen LogP contribution in [0.5, 0.6) is 0 Å². The zero-order valence-corrected chi connectivity index (χ0v) is 19.7. The molecule has 1 aliphatic rings. The number of hydrogen-bond acceptors (Lipinski definition) is 5. The highest BCUT2D eigenvalue weighted by Crippen LogP contribution is 2.36. The Hall–Kier alpha value is -4.36. The average molecular weight is 477 g/mol. The molecule has 0 atom stereocenters. The lowest BCUT2D eigenvalue weighted by atomic mass is 10.1. The Labute approximate surface area is 205 Å². The van der Waals surface area contributed by atoms with Crippen LogP contribution in [-0.2, 0) is 11.3 Å². The molecule has 5 aromatic rings. The first-order valence-corrected chi connectivity index (χ1v) is 12.0. The predicted molar refractivity (Wildman–Crippen MR) is 139 cm³/mol. The molecular formula is C28H20N4O2S. The number of carbonyl (C=O) groups excluding carboxylic acids is 1. The number of carbonyl (C=O) groups is 1. The number of aromatic nitrogens is 3. The Morgan fingerprint density at radius 1 is 0.886 bits per heavy atom. The van der Waals surface area contributed by atoms with E-state index in [4.69, 9.17) is 0 Å². The van der Waals surface area contributed by atoms with Gasteiger partial charge in [0.15, 0.2) is 5.82 Å². The lowest BCUT2D eigenvalue weighted by molar-refractivity contribution is -0.113. The van der Waals surface area contributed by atoms with Crippen LogP contribution < -0.4 is 15.0 Å². The Bertz CT molecular complexity index is 1720. The normalized spacial score (nSPS) is 14.9. The van der Waals surface area contributed by atoms with E-state index in [0.29, 0.717) is 27.4 Å². The summed E-state index contributed by atoms with van der Waals surface area (Å²) in [6.07, 6.45) is 3.68. The highest BCUT2D eigenvalue weighted by atomic mass is 32.1. The van der Waals surface area contributed by atoms with E-state index in [9.17, 15) is 9.59 Å². The molecule has 6 nitrogen and oxygen atoms in total. The third kappa shape index (κ3) is 3.76. The fourth-order valence-electron chi connectivity index (χ4n) is 4.24. The molecule has 1 aliphatic heterocycles. The van der Waals surface area contributed by atoms with Gasteiger partial charge in [0.05, 0.1) is 17.8 Å². The van der Waals surface area contributed by atoms with Crippen LogP contribution in [0.15, 0.2) is 83.7 Å². The second kappa shape index (κ2) is 8.45. The largest absolute Gasteiger partial charge is 0.303 e. The number of para-hydroxylation sites is 1. The number of anilines is 1. The minimum Gasteiger partial charge on any atom is -0.303 e. The Morgan fingerprint density at radius 3 is 2.40 bits per heavy atom. The predicted octanol–water partition coefficient (Wildman–Crippen LogP) is 4.09. The maximum Gasteiger partial charge on any atom is 0.291 e. The van der Waals surface area contributed by atoms with E-state index in [0.717, 1.165) is 27.9 Å². The molecule has 0 radical (unpaired) electrons. The van der Waals surface area contributed by atoms with E-state index in [2.05, 4.69) is 10.1 Å². The van der Waals surface area contributed by atoms with Crippen molar-refractivity contribution in [2.75, 3.05) is 4.90 Å². The number of thiazole rings is 1. The van der Waals surface area contributed by atoms with Gasteiger partial charge in [-0.25, -0.2) is 0 Å². The van der Waals surface area contributed by atoms with E-state index in [1.807, 2.05) is 91.9 Å². The first-order chi connectivity index (χ1) is 17.1. The van der Waals surface area contributed by atoms with Crippen LogP contribution in [0.2, 0.25) is 0 Å². The van der Waals surface area contributed by atoms with Gasteiger partial charge in [0, 0.05) is 5.56 Å². The smallest absolute Gasteiger partial charge is 0.291 e. The molecule has 3 heterocycles. The van der Waals surface area contributed by atoms with E-state index in [-0.39, 0.29) is 11.5 Å². The summed E-state index contributed by atoms with van der Waals surface area (Å²) in [5.74, 6) is 0.269. The minimum atomic E-state index is -0.327. The van der Waals surface area contributed by atoms with Crippen LogP contribution in [-0.4, -0.2) is 20.5 Å². The fraction of sp³-hybridized carbons (Fsp3) is 0.0714. The summed E-state index contributed by atoms with van der Waals surface area (Å²) >= 11 is 1.20. The first-order valence-electron chi connectivity index (χ1n) is 11.2. The highest BCUT2D eigenvalue weighted by Gasteiger charge is 2.34. The molecular weight excluding hydrogens is 456 g/mol. The Morgan fingerprint density at radius 2 is 1.63 bits per heavy atom. The molecule has 35 heavy (non-hydrogen) atoms. The fourth-order valence-corrected chi connectivity index (χ4v) is 5.24. The minimum absolute atomic E-state index is 0.183. The number of benzene rings is 3. The van der Waals surface area contributed by atoms with Crippen molar-refractivity contribution in [2.45, 2.75) is 13.5 Å². The second-order valence-electron chi connectivity index (χ2n) is 8.41. The number of fused-ring (bicyclic) bond motifs is 2. The van der Waals surface area contributed by atoms with Crippen molar-refractivity contribution < 1.29 is 4.79 Å². The van der Waals surface area contributed by atoms with E-state index >= 15 is 0 Å². The maximum atomic E-state index is 13.6. The van der Waals surface area contributed by atoms with E-state index in [1.54, 1.807) is 11.0 Å². The van der Waals surface area contributed by atoms with Gasteiger partial charge in [-0.2, -0.15) is 9.50 Å². The van der Waals surface area contributed by atoms with E-state index in [1.165, 1.54) is 15.9 Å². The van der Waals surface area contributed by atoms with Gasteiger partial charge in [0.1, 0.15) is 4.53 Å². The number of rotatable bonds is 4. The molecule has 0 N–H and O–H groups in total. The van der Waals surface area contributed by atoms with Gasteiger partial charge in [-0.1, -0.05) is 95.8 Å². The quantitative estimate of drug-likeness (QED) is 0.392. The Balaban J connectivity index is 1.42. The lowest BCUT2D eigenvalue weighted by Gasteiger charge is -2.17. The van der Waals surface area contributed by atoms with Crippen molar-refractivity contribution in [3.05, 3.63) is 122 Å². The number of amides is 1.